The molecule has 0 aromatic heterocycles. The molecule has 23 heavy (non-hydrogen) atoms. The van der Waals surface area contributed by atoms with E-state index in [4.69, 9.17) is 14.2 Å². The summed E-state index contributed by atoms with van der Waals surface area (Å²) in [6, 6.07) is 6.36. The lowest BCUT2D eigenvalue weighted by atomic mass is 9.99. The van der Waals surface area contributed by atoms with Gasteiger partial charge in [-0.3, -0.25) is 4.79 Å². The number of carbonyl (C=O) groups excluding carboxylic acids is 1. The molecule has 4 rings (SSSR count). The predicted molar refractivity (Wildman–Crippen MR) is 85.3 cm³/mol. The van der Waals surface area contributed by atoms with Crippen LogP contribution in [0.3, 0.4) is 0 Å². The minimum absolute atomic E-state index is 0.102. The highest BCUT2D eigenvalue weighted by Gasteiger charge is 2.42. The summed E-state index contributed by atoms with van der Waals surface area (Å²) in [5, 5.41) is 0. The van der Waals surface area contributed by atoms with Crippen molar-refractivity contribution in [2.24, 2.45) is 0 Å². The van der Waals surface area contributed by atoms with Crippen LogP contribution in [0.25, 0.3) is 6.08 Å². The van der Waals surface area contributed by atoms with Gasteiger partial charge in [-0.15, -0.1) is 0 Å². The molecule has 1 aromatic carbocycles. The SMILES string of the molecule is COC1CC2CCC(C1)N2C(=O)/C=C/c1ccc2c(c1)OCO2. The number of piperidine rings is 1. The van der Waals surface area contributed by atoms with Gasteiger partial charge in [0, 0.05) is 25.3 Å². The first-order chi connectivity index (χ1) is 11.2. The average molecular weight is 315 g/mol. The zero-order valence-corrected chi connectivity index (χ0v) is 13.2. The average Bonchev–Trinajstić information content (AvgIpc) is 3.14. The standard InChI is InChI=1S/C18H21NO4/c1-21-15-9-13-4-5-14(10-15)19(13)18(20)7-3-12-2-6-16-17(8-12)23-11-22-16/h2-3,6-8,13-15H,4-5,9-11H2,1H3/b7-3+. The van der Waals surface area contributed by atoms with Gasteiger partial charge in [0.1, 0.15) is 0 Å². The van der Waals surface area contributed by atoms with Gasteiger partial charge in [0.25, 0.3) is 0 Å². The van der Waals surface area contributed by atoms with Crippen molar-refractivity contribution in [3.8, 4) is 11.5 Å². The van der Waals surface area contributed by atoms with Crippen molar-refractivity contribution in [2.45, 2.75) is 43.9 Å². The van der Waals surface area contributed by atoms with Crippen LogP contribution in [0.4, 0.5) is 0 Å². The Kier molecular flexibility index (Phi) is 3.73. The number of hydrogen-bond donors (Lipinski definition) is 0. The van der Waals surface area contributed by atoms with Crippen LogP contribution in [-0.2, 0) is 9.53 Å². The number of methoxy groups -OCH3 is 1. The van der Waals surface area contributed by atoms with Gasteiger partial charge in [0.05, 0.1) is 6.10 Å². The monoisotopic (exact) mass is 315 g/mol. The third-order valence-corrected chi connectivity index (χ3v) is 5.09. The Morgan fingerprint density at radius 2 is 1.96 bits per heavy atom. The van der Waals surface area contributed by atoms with Crippen molar-refractivity contribution in [3.63, 3.8) is 0 Å². The van der Waals surface area contributed by atoms with Crippen molar-refractivity contribution in [1.82, 2.24) is 4.90 Å². The summed E-state index contributed by atoms with van der Waals surface area (Å²) in [5.74, 6) is 1.60. The minimum atomic E-state index is 0.102. The summed E-state index contributed by atoms with van der Waals surface area (Å²) < 4.78 is 16.2. The van der Waals surface area contributed by atoms with Crippen molar-refractivity contribution in [1.29, 1.82) is 0 Å². The molecule has 2 saturated heterocycles. The number of ether oxygens (including phenoxy) is 3. The molecule has 2 fully saturated rings. The van der Waals surface area contributed by atoms with Crippen LogP contribution in [0, 0.1) is 0 Å². The summed E-state index contributed by atoms with van der Waals surface area (Å²) in [6.45, 7) is 0.263. The normalized spacial score (nSPS) is 28.6. The van der Waals surface area contributed by atoms with Gasteiger partial charge in [0.15, 0.2) is 11.5 Å². The van der Waals surface area contributed by atoms with Crippen LogP contribution in [-0.4, -0.2) is 42.9 Å². The molecular formula is C18H21NO4. The highest BCUT2D eigenvalue weighted by Crippen LogP contribution is 2.37. The van der Waals surface area contributed by atoms with Gasteiger partial charge in [-0.1, -0.05) is 6.07 Å². The van der Waals surface area contributed by atoms with Crippen molar-refractivity contribution >= 4 is 12.0 Å². The van der Waals surface area contributed by atoms with E-state index >= 15 is 0 Å². The molecule has 2 atom stereocenters. The van der Waals surface area contributed by atoms with E-state index in [0.717, 1.165) is 42.7 Å². The van der Waals surface area contributed by atoms with E-state index in [9.17, 15) is 4.79 Å². The van der Waals surface area contributed by atoms with Crippen LogP contribution < -0.4 is 9.47 Å². The molecule has 0 radical (unpaired) electrons. The molecule has 0 spiro atoms. The van der Waals surface area contributed by atoms with Crippen LogP contribution in [0.5, 0.6) is 11.5 Å². The van der Waals surface area contributed by atoms with Crippen molar-refractivity contribution in [2.75, 3.05) is 13.9 Å². The Morgan fingerprint density at radius 3 is 2.70 bits per heavy atom. The third-order valence-electron chi connectivity index (χ3n) is 5.09. The molecule has 1 amide bonds. The third kappa shape index (κ3) is 2.70. The first-order valence-electron chi connectivity index (χ1n) is 8.17. The summed E-state index contributed by atoms with van der Waals surface area (Å²) in [5.41, 5.74) is 0.946. The van der Waals surface area contributed by atoms with Crippen molar-refractivity contribution < 1.29 is 19.0 Å². The fourth-order valence-electron chi connectivity index (χ4n) is 3.95. The molecule has 3 aliphatic heterocycles. The molecule has 2 unspecified atom stereocenters. The second kappa shape index (κ2) is 5.89. The fourth-order valence-corrected chi connectivity index (χ4v) is 3.95. The lowest BCUT2D eigenvalue weighted by molar-refractivity contribution is -0.132. The number of nitrogens with zero attached hydrogens (tertiary/aromatic N) is 1. The Morgan fingerprint density at radius 1 is 1.22 bits per heavy atom. The van der Waals surface area contributed by atoms with E-state index in [1.165, 1.54) is 0 Å². The second-order valence-electron chi connectivity index (χ2n) is 6.41. The van der Waals surface area contributed by atoms with E-state index in [-0.39, 0.29) is 12.7 Å². The number of rotatable bonds is 3. The van der Waals surface area contributed by atoms with E-state index in [2.05, 4.69) is 4.90 Å². The van der Waals surface area contributed by atoms with Gasteiger partial charge in [-0.25, -0.2) is 0 Å². The summed E-state index contributed by atoms with van der Waals surface area (Å²) in [4.78, 5) is 14.7. The second-order valence-corrected chi connectivity index (χ2v) is 6.41. The molecule has 0 aliphatic carbocycles. The number of hydrogen-bond acceptors (Lipinski definition) is 4. The van der Waals surface area contributed by atoms with E-state index in [1.54, 1.807) is 13.2 Å². The molecule has 3 heterocycles. The van der Waals surface area contributed by atoms with Gasteiger partial charge < -0.3 is 19.1 Å². The number of benzene rings is 1. The molecule has 3 aliphatic rings. The molecule has 122 valence electrons. The molecule has 5 heteroatoms. The number of carbonyl (C=O) groups is 1. The summed E-state index contributed by atoms with van der Waals surface area (Å²) in [6.07, 6.45) is 7.92. The molecule has 5 nitrogen and oxygen atoms in total. The zero-order valence-electron chi connectivity index (χ0n) is 13.2. The van der Waals surface area contributed by atoms with E-state index in [0.29, 0.717) is 18.2 Å². The van der Waals surface area contributed by atoms with Crippen LogP contribution in [0.15, 0.2) is 24.3 Å². The maximum absolute atomic E-state index is 12.6. The van der Waals surface area contributed by atoms with E-state index < -0.39 is 0 Å². The van der Waals surface area contributed by atoms with E-state index in [1.807, 2.05) is 24.3 Å². The predicted octanol–water partition coefficient (Wildman–Crippen LogP) is 2.60. The summed E-state index contributed by atoms with van der Waals surface area (Å²) >= 11 is 0. The number of fused-ring (bicyclic) bond motifs is 3. The molecule has 0 saturated carbocycles. The van der Waals surface area contributed by atoms with Crippen LogP contribution in [0.2, 0.25) is 0 Å². The highest BCUT2D eigenvalue weighted by atomic mass is 16.7. The van der Waals surface area contributed by atoms with Gasteiger partial charge >= 0.3 is 0 Å². The molecule has 0 N–H and O–H groups in total. The van der Waals surface area contributed by atoms with Gasteiger partial charge in [-0.2, -0.15) is 0 Å². The Balaban J connectivity index is 1.46. The maximum atomic E-state index is 12.6. The Hall–Kier alpha value is -2.01. The minimum Gasteiger partial charge on any atom is -0.454 e. The quantitative estimate of drug-likeness (QED) is 0.805. The number of amides is 1. The smallest absolute Gasteiger partial charge is 0.247 e. The first-order valence-corrected chi connectivity index (χ1v) is 8.17. The summed E-state index contributed by atoms with van der Waals surface area (Å²) in [7, 11) is 1.77. The first kappa shape index (κ1) is 14.6. The molecular weight excluding hydrogens is 294 g/mol. The zero-order chi connectivity index (χ0) is 15.8. The van der Waals surface area contributed by atoms with Crippen molar-refractivity contribution in [3.05, 3.63) is 29.8 Å². The van der Waals surface area contributed by atoms with Crippen LogP contribution >= 0.6 is 0 Å². The Bertz CT molecular complexity index is 628. The van der Waals surface area contributed by atoms with Gasteiger partial charge in [0.2, 0.25) is 12.7 Å². The highest BCUT2D eigenvalue weighted by molar-refractivity contribution is 5.92. The van der Waals surface area contributed by atoms with Gasteiger partial charge in [-0.05, 0) is 49.5 Å². The lowest BCUT2D eigenvalue weighted by Crippen LogP contribution is -2.47. The largest absolute Gasteiger partial charge is 0.454 e. The Labute approximate surface area is 135 Å². The van der Waals surface area contributed by atoms with Crippen LogP contribution in [0.1, 0.15) is 31.2 Å². The fraction of sp³-hybridized carbons (Fsp3) is 0.500. The topological polar surface area (TPSA) is 48.0 Å². The molecule has 1 aromatic rings. The maximum Gasteiger partial charge on any atom is 0.247 e. The lowest BCUT2D eigenvalue weighted by Gasteiger charge is -2.37. The molecule has 2 bridgehead atoms.